The van der Waals surface area contributed by atoms with Gasteiger partial charge in [0.1, 0.15) is 5.60 Å². The number of esters is 1. The van der Waals surface area contributed by atoms with Gasteiger partial charge in [-0.05, 0) is 38.0 Å². The number of hydrogen-bond acceptors (Lipinski definition) is 3. The van der Waals surface area contributed by atoms with Gasteiger partial charge in [0.15, 0.2) is 5.60 Å². The number of rotatable bonds is 7. The Balaban J connectivity index is 2.90. The fraction of sp³-hybridized carbons (Fsp3) is 0.933. The van der Waals surface area contributed by atoms with Crippen molar-refractivity contribution in [2.24, 2.45) is 11.8 Å². The van der Waals surface area contributed by atoms with Crippen LogP contribution < -0.4 is 0 Å². The fourth-order valence-corrected chi connectivity index (χ4v) is 3.14. The summed E-state index contributed by atoms with van der Waals surface area (Å²) >= 11 is 0. The molecule has 1 heterocycles. The lowest BCUT2D eigenvalue weighted by molar-refractivity contribution is -0.149. The molecule has 0 aromatic heterocycles. The summed E-state index contributed by atoms with van der Waals surface area (Å²) in [5.41, 5.74) is -0.978. The van der Waals surface area contributed by atoms with Crippen LogP contribution in [0.15, 0.2) is 0 Å². The first-order valence-corrected chi connectivity index (χ1v) is 7.21. The van der Waals surface area contributed by atoms with Gasteiger partial charge in [-0.3, -0.25) is 0 Å². The number of hydrogen-bond donors (Lipinski definition) is 0. The molecule has 1 rings (SSSR count). The van der Waals surface area contributed by atoms with E-state index in [4.69, 9.17) is 9.47 Å². The van der Waals surface area contributed by atoms with Gasteiger partial charge in [0, 0.05) is 0 Å². The molecule has 0 aromatic rings. The molecule has 0 aliphatic carbocycles. The molecule has 3 nitrogen and oxygen atoms in total. The van der Waals surface area contributed by atoms with Gasteiger partial charge in [-0.2, -0.15) is 0 Å². The highest BCUT2D eigenvalue weighted by Crippen LogP contribution is 2.58. The zero-order valence-corrected chi connectivity index (χ0v) is 12.7. The van der Waals surface area contributed by atoms with E-state index in [9.17, 15) is 4.79 Å². The molecule has 0 saturated carbocycles. The summed E-state index contributed by atoms with van der Waals surface area (Å²) in [5, 5.41) is 0. The van der Waals surface area contributed by atoms with Crippen LogP contribution in [0.4, 0.5) is 0 Å². The van der Waals surface area contributed by atoms with Gasteiger partial charge >= 0.3 is 5.97 Å². The van der Waals surface area contributed by atoms with Crippen molar-refractivity contribution in [1.82, 2.24) is 0 Å². The second-order valence-corrected chi connectivity index (χ2v) is 6.19. The number of carbonyl (C=O) groups is 1. The predicted molar refractivity (Wildman–Crippen MR) is 72.4 cm³/mol. The Morgan fingerprint density at radius 1 is 1.11 bits per heavy atom. The summed E-state index contributed by atoms with van der Waals surface area (Å²) in [6.45, 7) is 13.0. The topological polar surface area (TPSA) is 38.8 Å². The third kappa shape index (κ3) is 2.71. The number of ether oxygens (including phenoxy) is 2. The van der Waals surface area contributed by atoms with E-state index in [-0.39, 0.29) is 11.6 Å². The van der Waals surface area contributed by atoms with Crippen LogP contribution in [-0.4, -0.2) is 23.8 Å². The van der Waals surface area contributed by atoms with Crippen molar-refractivity contribution < 1.29 is 14.3 Å². The maximum atomic E-state index is 12.2. The third-order valence-electron chi connectivity index (χ3n) is 3.64. The molecule has 106 valence electrons. The van der Waals surface area contributed by atoms with Crippen molar-refractivity contribution in [2.45, 2.75) is 72.0 Å². The molecule has 1 unspecified atom stereocenters. The van der Waals surface area contributed by atoms with Crippen molar-refractivity contribution in [2.75, 3.05) is 6.61 Å². The van der Waals surface area contributed by atoms with Gasteiger partial charge in [0.25, 0.3) is 0 Å². The quantitative estimate of drug-likeness (QED) is 0.516. The minimum Gasteiger partial charge on any atom is -0.464 e. The average molecular weight is 256 g/mol. The van der Waals surface area contributed by atoms with Crippen molar-refractivity contribution in [3.63, 3.8) is 0 Å². The Hall–Kier alpha value is -0.570. The van der Waals surface area contributed by atoms with Crippen LogP contribution in [0.25, 0.3) is 0 Å². The second-order valence-electron chi connectivity index (χ2n) is 6.19. The highest BCUT2D eigenvalue weighted by atomic mass is 16.7. The van der Waals surface area contributed by atoms with Crippen LogP contribution in [0.5, 0.6) is 0 Å². The lowest BCUT2D eigenvalue weighted by Gasteiger charge is -2.21. The Morgan fingerprint density at radius 2 is 1.61 bits per heavy atom. The van der Waals surface area contributed by atoms with Crippen LogP contribution in [0, 0.1) is 11.8 Å². The minimum atomic E-state index is -0.683. The lowest BCUT2D eigenvalue weighted by atomic mass is 9.79. The monoisotopic (exact) mass is 256 g/mol. The largest absolute Gasteiger partial charge is 0.464 e. The van der Waals surface area contributed by atoms with Crippen LogP contribution >= 0.6 is 0 Å². The molecule has 18 heavy (non-hydrogen) atoms. The molecule has 1 fully saturated rings. The van der Waals surface area contributed by atoms with Crippen molar-refractivity contribution in [3.05, 3.63) is 0 Å². The zero-order chi connectivity index (χ0) is 14.0. The molecular weight excluding hydrogens is 228 g/mol. The first kappa shape index (κ1) is 15.5. The molecular formula is C15H28O3. The molecule has 1 aliphatic rings. The van der Waals surface area contributed by atoms with Crippen molar-refractivity contribution in [3.8, 4) is 0 Å². The summed E-state index contributed by atoms with van der Waals surface area (Å²) in [4.78, 5) is 12.2. The number of epoxide rings is 1. The summed E-state index contributed by atoms with van der Waals surface area (Å²) in [5.74, 6) is 0.868. The molecule has 1 atom stereocenters. The molecule has 1 aliphatic heterocycles. The van der Waals surface area contributed by atoms with Gasteiger partial charge < -0.3 is 9.47 Å². The Labute approximate surface area is 111 Å². The molecule has 0 spiro atoms. The molecule has 0 bridgehead atoms. The predicted octanol–water partition coefficient (Wildman–Crippen LogP) is 3.56. The summed E-state index contributed by atoms with van der Waals surface area (Å²) < 4.78 is 11.2. The Kier molecular flexibility index (Phi) is 4.82. The van der Waals surface area contributed by atoms with E-state index in [1.54, 1.807) is 0 Å². The molecule has 1 saturated heterocycles. The van der Waals surface area contributed by atoms with Crippen LogP contribution in [-0.2, 0) is 14.3 Å². The third-order valence-corrected chi connectivity index (χ3v) is 3.64. The van der Waals surface area contributed by atoms with Gasteiger partial charge in [-0.25, -0.2) is 4.79 Å². The summed E-state index contributed by atoms with van der Waals surface area (Å²) in [6, 6.07) is 0. The smallest absolute Gasteiger partial charge is 0.341 e. The van der Waals surface area contributed by atoms with E-state index in [0.717, 1.165) is 12.8 Å². The van der Waals surface area contributed by atoms with Gasteiger partial charge in [-0.1, -0.05) is 34.6 Å². The SMILES string of the molecule is CCOC(=O)C1(CC)OC1(CC(C)C)CC(C)C. The Bertz CT molecular complexity index is 286. The fourth-order valence-electron chi connectivity index (χ4n) is 3.14. The van der Waals surface area contributed by atoms with Gasteiger partial charge in [0.05, 0.1) is 6.61 Å². The molecule has 0 N–H and O–H groups in total. The molecule has 0 amide bonds. The minimum absolute atomic E-state index is 0.172. The highest BCUT2D eigenvalue weighted by molar-refractivity contribution is 5.85. The van der Waals surface area contributed by atoms with Crippen molar-refractivity contribution >= 4 is 5.97 Å². The lowest BCUT2D eigenvalue weighted by Crippen LogP contribution is -2.37. The highest BCUT2D eigenvalue weighted by Gasteiger charge is 2.73. The van der Waals surface area contributed by atoms with Crippen molar-refractivity contribution in [1.29, 1.82) is 0 Å². The van der Waals surface area contributed by atoms with E-state index < -0.39 is 5.60 Å². The standard InChI is InChI=1S/C15H28O3/c1-7-15(13(16)17-8-2)14(18-15,9-11(3)4)10-12(5)6/h11-12H,7-10H2,1-6H3. The first-order chi connectivity index (χ1) is 8.33. The molecule has 3 heteroatoms. The van der Waals surface area contributed by atoms with E-state index in [1.807, 2.05) is 13.8 Å². The van der Waals surface area contributed by atoms with Crippen LogP contribution in [0.2, 0.25) is 0 Å². The first-order valence-electron chi connectivity index (χ1n) is 7.21. The molecule has 0 radical (unpaired) electrons. The van der Waals surface area contributed by atoms with Crippen LogP contribution in [0.3, 0.4) is 0 Å². The molecule has 0 aromatic carbocycles. The van der Waals surface area contributed by atoms with E-state index in [2.05, 4.69) is 27.7 Å². The van der Waals surface area contributed by atoms with E-state index in [0.29, 0.717) is 24.9 Å². The Morgan fingerprint density at radius 3 is 1.94 bits per heavy atom. The van der Waals surface area contributed by atoms with Gasteiger partial charge in [0.2, 0.25) is 0 Å². The maximum Gasteiger partial charge on any atom is 0.341 e. The van der Waals surface area contributed by atoms with Crippen LogP contribution in [0.1, 0.15) is 60.8 Å². The van der Waals surface area contributed by atoms with E-state index in [1.165, 1.54) is 0 Å². The summed E-state index contributed by atoms with van der Waals surface area (Å²) in [6.07, 6.45) is 2.56. The number of carbonyl (C=O) groups excluding carboxylic acids is 1. The maximum absolute atomic E-state index is 12.2. The second kappa shape index (κ2) is 5.60. The van der Waals surface area contributed by atoms with Gasteiger partial charge in [-0.15, -0.1) is 0 Å². The van der Waals surface area contributed by atoms with E-state index >= 15 is 0 Å². The zero-order valence-electron chi connectivity index (χ0n) is 12.7. The normalized spacial score (nSPS) is 25.6. The average Bonchev–Trinajstić information content (AvgIpc) is 2.84. The summed E-state index contributed by atoms with van der Waals surface area (Å²) in [7, 11) is 0.